The number of carbonyl (C=O) groups excluding carboxylic acids is 2. The predicted octanol–water partition coefficient (Wildman–Crippen LogP) is 1.99. The van der Waals surface area contributed by atoms with Crippen LogP contribution in [0.15, 0.2) is 30.3 Å². The molecule has 128 valence electrons. The first-order valence-corrected chi connectivity index (χ1v) is 7.86. The molecule has 2 rings (SSSR count). The molecule has 1 aromatic carbocycles. The third-order valence-corrected chi connectivity index (χ3v) is 4.69. The van der Waals surface area contributed by atoms with Crippen LogP contribution in [0, 0.1) is 62.1 Å². The molecule has 0 bridgehead atoms. The maximum absolute atomic E-state index is 12.7. The molecule has 7 nitrogen and oxygen atoms in total. The Morgan fingerprint density at radius 3 is 2.15 bits per heavy atom. The Kier molecular flexibility index (Phi) is 5.06. The quantitative estimate of drug-likeness (QED) is 0.602. The SMILES string of the molecule is CCOC(=O)[C@@H]1C(=O)CC(C#N)(C#N)C(C#N)(C#N)[C@H]1c1ccccc1. The summed E-state index contributed by atoms with van der Waals surface area (Å²) in [6.45, 7) is 1.58. The largest absolute Gasteiger partial charge is 0.465 e. The summed E-state index contributed by atoms with van der Waals surface area (Å²) in [6.07, 6.45) is -0.687. The zero-order valence-corrected chi connectivity index (χ0v) is 14.0. The molecule has 2 atom stereocenters. The van der Waals surface area contributed by atoms with Crippen molar-refractivity contribution in [2.75, 3.05) is 6.61 Å². The molecule has 0 heterocycles. The molecule has 0 unspecified atom stereocenters. The van der Waals surface area contributed by atoms with Crippen LogP contribution in [0.3, 0.4) is 0 Å². The van der Waals surface area contributed by atoms with Crippen molar-refractivity contribution in [1.29, 1.82) is 21.0 Å². The van der Waals surface area contributed by atoms with Crippen molar-refractivity contribution in [2.45, 2.75) is 19.3 Å². The number of Topliss-reactive ketones (excluding diaryl/α,β-unsaturated/α-hetero) is 1. The average Bonchev–Trinajstić information content (AvgIpc) is 2.67. The molecule has 1 saturated carbocycles. The van der Waals surface area contributed by atoms with Crippen molar-refractivity contribution >= 4 is 11.8 Å². The van der Waals surface area contributed by atoms with E-state index in [0.717, 1.165) is 0 Å². The maximum atomic E-state index is 12.7. The molecule has 1 aromatic rings. The van der Waals surface area contributed by atoms with Gasteiger partial charge in [-0.15, -0.1) is 0 Å². The second kappa shape index (κ2) is 7.06. The van der Waals surface area contributed by atoms with E-state index in [2.05, 4.69) is 0 Å². The Bertz CT molecular complexity index is 868. The van der Waals surface area contributed by atoms with E-state index in [-0.39, 0.29) is 6.61 Å². The number of hydrogen-bond acceptors (Lipinski definition) is 7. The van der Waals surface area contributed by atoms with Crippen LogP contribution >= 0.6 is 0 Å². The lowest BCUT2D eigenvalue weighted by Gasteiger charge is -2.44. The molecule has 1 fully saturated rings. The van der Waals surface area contributed by atoms with Gasteiger partial charge in [0.25, 0.3) is 0 Å². The van der Waals surface area contributed by atoms with E-state index in [4.69, 9.17) is 4.74 Å². The monoisotopic (exact) mass is 346 g/mol. The van der Waals surface area contributed by atoms with Gasteiger partial charge in [0.2, 0.25) is 0 Å². The van der Waals surface area contributed by atoms with Crippen molar-refractivity contribution in [1.82, 2.24) is 0 Å². The van der Waals surface area contributed by atoms with Gasteiger partial charge in [0.15, 0.2) is 16.6 Å². The molecule has 1 aliphatic rings. The van der Waals surface area contributed by atoms with Crippen LogP contribution in [-0.2, 0) is 14.3 Å². The summed E-state index contributed by atoms with van der Waals surface area (Å²) in [6, 6.07) is 15.0. The van der Waals surface area contributed by atoms with Gasteiger partial charge in [0.1, 0.15) is 5.92 Å². The Morgan fingerprint density at radius 2 is 1.69 bits per heavy atom. The second-order valence-electron chi connectivity index (χ2n) is 5.92. The standard InChI is InChI=1S/C19H14N4O3/c1-2-26-17(25)15-14(24)8-18(9-20,10-21)19(11-22,12-23)16(15)13-6-4-3-5-7-13/h3-7,15-16H,2,8H2,1H3/t15-,16+/m1/s1. The first-order chi connectivity index (χ1) is 12.5. The van der Waals surface area contributed by atoms with Crippen molar-refractivity contribution in [3.8, 4) is 24.3 Å². The lowest BCUT2D eigenvalue weighted by molar-refractivity contribution is -0.156. The normalized spacial score (nSPS) is 22.7. The van der Waals surface area contributed by atoms with E-state index in [9.17, 15) is 30.6 Å². The number of nitrogens with zero attached hydrogens (tertiary/aromatic N) is 4. The minimum absolute atomic E-state index is 0.0118. The van der Waals surface area contributed by atoms with Gasteiger partial charge in [0.05, 0.1) is 30.9 Å². The molecule has 0 saturated heterocycles. The molecular weight excluding hydrogens is 332 g/mol. The fraction of sp³-hybridized carbons (Fsp3) is 0.368. The van der Waals surface area contributed by atoms with Crippen LogP contribution in [0.4, 0.5) is 0 Å². The third kappa shape index (κ3) is 2.48. The van der Waals surface area contributed by atoms with Gasteiger partial charge in [-0.2, -0.15) is 21.0 Å². The summed E-state index contributed by atoms with van der Waals surface area (Å²) in [5.74, 6) is -4.29. The molecule has 0 aliphatic heterocycles. The van der Waals surface area contributed by atoms with Crippen LogP contribution in [0.1, 0.15) is 24.8 Å². The van der Waals surface area contributed by atoms with E-state index in [0.29, 0.717) is 5.56 Å². The summed E-state index contributed by atoms with van der Waals surface area (Å²) >= 11 is 0. The zero-order chi connectivity index (χ0) is 19.4. The van der Waals surface area contributed by atoms with Gasteiger partial charge in [-0.3, -0.25) is 9.59 Å². The molecule has 7 heteroatoms. The van der Waals surface area contributed by atoms with Crippen molar-refractivity contribution < 1.29 is 14.3 Å². The summed E-state index contributed by atoms with van der Waals surface area (Å²) in [7, 11) is 0. The fourth-order valence-corrected chi connectivity index (χ4v) is 3.45. The Balaban J connectivity index is 2.84. The highest BCUT2D eigenvalue weighted by Gasteiger charge is 2.68. The number of rotatable bonds is 3. The number of nitriles is 4. The highest BCUT2D eigenvalue weighted by molar-refractivity contribution is 6.02. The van der Waals surface area contributed by atoms with E-state index in [1.54, 1.807) is 61.5 Å². The zero-order valence-electron chi connectivity index (χ0n) is 14.0. The summed E-state index contributed by atoms with van der Waals surface area (Å²) in [5, 5.41) is 38.9. The second-order valence-corrected chi connectivity index (χ2v) is 5.92. The number of benzene rings is 1. The Labute approximate surface area is 150 Å². The summed E-state index contributed by atoms with van der Waals surface area (Å²) < 4.78 is 4.98. The molecule has 0 amide bonds. The topological polar surface area (TPSA) is 139 Å². The molecule has 1 aliphatic carbocycles. The minimum atomic E-state index is -2.21. The van der Waals surface area contributed by atoms with Crippen LogP contribution < -0.4 is 0 Å². The van der Waals surface area contributed by atoms with Gasteiger partial charge in [0, 0.05) is 12.3 Å². The number of ketones is 1. The van der Waals surface area contributed by atoms with Crippen LogP contribution in [0.25, 0.3) is 0 Å². The van der Waals surface area contributed by atoms with E-state index >= 15 is 0 Å². The number of esters is 1. The van der Waals surface area contributed by atoms with Crippen molar-refractivity contribution in [3.63, 3.8) is 0 Å². The number of ether oxygens (including phenoxy) is 1. The molecule has 26 heavy (non-hydrogen) atoms. The molecule has 0 radical (unpaired) electrons. The van der Waals surface area contributed by atoms with Gasteiger partial charge in [-0.1, -0.05) is 30.3 Å². The van der Waals surface area contributed by atoms with Crippen LogP contribution in [0.2, 0.25) is 0 Å². The predicted molar refractivity (Wildman–Crippen MR) is 86.2 cm³/mol. The van der Waals surface area contributed by atoms with Gasteiger partial charge in [-0.05, 0) is 12.5 Å². The summed E-state index contributed by atoms with van der Waals surface area (Å²) in [4.78, 5) is 25.2. The highest BCUT2D eigenvalue weighted by Crippen LogP contribution is 2.58. The number of carbonyl (C=O) groups is 2. The minimum Gasteiger partial charge on any atom is -0.465 e. The Morgan fingerprint density at radius 1 is 1.12 bits per heavy atom. The fourth-order valence-electron chi connectivity index (χ4n) is 3.45. The van der Waals surface area contributed by atoms with Gasteiger partial charge in [-0.25, -0.2) is 0 Å². The molecular formula is C19H14N4O3. The lowest BCUT2D eigenvalue weighted by Crippen LogP contribution is -2.55. The first-order valence-electron chi connectivity index (χ1n) is 7.86. The lowest BCUT2D eigenvalue weighted by atomic mass is 9.49. The third-order valence-electron chi connectivity index (χ3n) is 4.69. The van der Waals surface area contributed by atoms with Gasteiger partial charge >= 0.3 is 5.97 Å². The van der Waals surface area contributed by atoms with Crippen LogP contribution in [0.5, 0.6) is 0 Å². The van der Waals surface area contributed by atoms with Gasteiger partial charge < -0.3 is 4.74 Å². The average molecular weight is 346 g/mol. The van der Waals surface area contributed by atoms with Crippen molar-refractivity contribution in [2.24, 2.45) is 16.7 Å². The van der Waals surface area contributed by atoms with Crippen molar-refractivity contribution in [3.05, 3.63) is 35.9 Å². The smallest absolute Gasteiger partial charge is 0.317 e. The molecule has 0 aromatic heterocycles. The van der Waals surface area contributed by atoms with E-state index in [1.165, 1.54) is 0 Å². The van der Waals surface area contributed by atoms with E-state index < -0.39 is 40.8 Å². The van der Waals surface area contributed by atoms with Crippen LogP contribution in [-0.4, -0.2) is 18.4 Å². The Hall–Kier alpha value is -3.68. The molecule has 0 N–H and O–H groups in total. The summed E-state index contributed by atoms with van der Waals surface area (Å²) in [5.41, 5.74) is -4.04. The molecule has 0 spiro atoms. The number of hydrogen-bond donors (Lipinski definition) is 0. The maximum Gasteiger partial charge on any atom is 0.317 e. The first kappa shape index (κ1) is 18.7. The van der Waals surface area contributed by atoms with E-state index in [1.807, 2.05) is 0 Å². The highest BCUT2D eigenvalue weighted by atomic mass is 16.5.